The normalized spacial score (nSPS) is 15.5. The van der Waals surface area contributed by atoms with Crippen LogP contribution in [0.3, 0.4) is 0 Å². The summed E-state index contributed by atoms with van der Waals surface area (Å²) in [5, 5.41) is 6.42. The van der Waals surface area contributed by atoms with Gasteiger partial charge >= 0.3 is 0 Å². The van der Waals surface area contributed by atoms with E-state index in [4.69, 9.17) is 4.74 Å². The summed E-state index contributed by atoms with van der Waals surface area (Å²) < 4.78 is 5.69. The standard InChI is InChI=1S/C17H26N2O2/c1-3-10-18-13(2)14-5-4-6-16(12-14)21-11-9-17(20)19-15-7-8-15/h4-6,12-13,15,18H,3,7-11H2,1-2H3,(H,19,20). The Bertz CT molecular complexity index is 458. The molecule has 1 saturated carbocycles. The van der Waals surface area contributed by atoms with Crippen LogP contribution in [-0.2, 0) is 4.79 Å². The maximum atomic E-state index is 11.6. The molecule has 2 rings (SSSR count). The van der Waals surface area contributed by atoms with Gasteiger partial charge in [0.05, 0.1) is 13.0 Å². The van der Waals surface area contributed by atoms with Gasteiger partial charge < -0.3 is 15.4 Å². The fourth-order valence-corrected chi connectivity index (χ4v) is 2.14. The van der Waals surface area contributed by atoms with E-state index in [0.29, 0.717) is 25.1 Å². The smallest absolute Gasteiger partial charge is 0.223 e. The van der Waals surface area contributed by atoms with Gasteiger partial charge in [-0.1, -0.05) is 19.1 Å². The summed E-state index contributed by atoms with van der Waals surface area (Å²) in [5.74, 6) is 0.920. The number of hydrogen-bond acceptors (Lipinski definition) is 3. The molecular formula is C17H26N2O2. The van der Waals surface area contributed by atoms with Gasteiger partial charge in [-0.15, -0.1) is 0 Å². The molecule has 1 unspecified atom stereocenters. The minimum Gasteiger partial charge on any atom is -0.493 e. The first-order chi connectivity index (χ1) is 10.2. The minimum absolute atomic E-state index is 0.0895. The monoisotopic (exact) mass is 290 g/mol. The number of ether oxygens (including phenoxy) is 1. The van der Waals surface area contributed by atoms with Crippen LogP contribution in [0.15, 0.2) is 24.3 Å². The maximum absolute atomic E-state index is 11.6. The first-order valence-corrected chi connectivity index (χ1v) is 7.94. The van der Waals surface area contributed by atoms with Crippen molar-refractivity contribution in [3.63, 3.8) is 0 Å². The van der Waals surface area contributed by atoms with Crippen molar-refractivity contribution in [2.45, 2.75) is 51.6 Å². The van der Waals surface area contributed by atoms with Crippen LogP contribution in [-0.4, -0.2) is 25.1 Å². The number of nitrogens with one attached hydrogen (secondary N) is 2. The van der Waals surface area contributed by atoms with E-state index in [2.05, 4.69) is 30.5 Å². The van der Waals surface area contributed by atoms with Crippen LogP contribution < -0.4 is 15.4 Å². The Morgan fingerprint density at radius 2 is 2.24 bits per heavy atom. The Morgan fingerprint density at radius 3 is 2.95 bits per heavy atom. The molecule has 21 heavy (non-hydrogen) atoms. The third kappa shape index (κ3) is 5.76. The minimum atomic E-state index is 0.0895. The van der Waals surface area contributed by atoms with Crippen molar-refractivity contribution in [2.75, 3.05) is 13.2 Å². The van der Waals surface area contributed by atoms with Crippen LogP contribution in [0.4, 0.5) is 0 Å². The summed E-state index contributed by atoms with van der Waals surface area (Å²) in [6, 6.07) is 8.82. The molecule has 116 valence electrons. The van der Waals surface area contributed by atoms with Crippen molar-refractivity contribution in [3.8, 4) is 5.75 Å². The quantitative estimate of drug-likeness (QED) is 0.735. The molecular weight excluding hydrogens is 264 g/mol. The number of carbonyl (C=O) groups excluding carboxylic acids is 1. The van der Waals surface area contributed by atoms with Crippen molar-refractivity contribution >= 4 is 5.91 Å². The largest absolute Gasteiger partial charge is 0.493 e. The third-order valence-corrected chi connectivity index (χ3v) is 3.60. The molecule has 1 aromatic carbocycles. The van der Waals surface area contributed by atoms with E-state index in [-0.39, 0.29) is 5.91 Å². The van der Waals surface area contributed by atoms with Crippen molar-refractivity contribution < 1.29 is 9.53 Å². The van der Waals surface area contributed by atoms with E-state index >= 15 is 0 Å². The van der Waals surface area contributed by atoms with Crippen LogP contribution in [0.1, 0.15) is 51.1 Å². The van der Waals surface area contributed by atoms with Gasteiger partial charge in [0.25, 0.3) is 0 Å². The molecule has 4 nitrogen and oxygen atoms in total. The Morgan fingerprint density at radius 1 is 1.43 bits per heavy atom. The zero-order chi connectivity index (χ0) is 15.1. The molecule has 0 aliphatic heterocycles. The van der Waals surface area contributed by atoms with E-state index < -0.39 is 0 Å². The molecule has 0 aromatic heterocycles. The Hall–Kier alpha value is -1.55. The van der Waals surface area contributed by atoms with Crippen molar-refractivity contribution in [3.05, 3.63) is 29.8 Å². The van der Waals surface area contributed by atoms with Crippen molar-refractivity contribution in [1.29, 1.82) is 0 Å². The number of benzene rings is 1. The average Bonchev–Trinajstić information content (AvgIpc) is 3.29. The average molecular weight is 290 g/mol. The summed E-state index contributed by atoms with van der Waals surface area (Å²) in [6.07, 6.45) is 3.79. The molecule has 0 heterocycles. The van der Waals surface area contributed by atoms with Gasteiger partial charge in [-0.3, -0.25) is 4.79 Å². The number of hydrogen-bond donors (Lipinski definition) is 2. The number of carbonyl (C=O) groups is 1. The van der Waals surface area contributed by atoms with Crippen LogP contribution in [0, 0.1) is 0 Å². The fraction of sp³-hybridized carbons (Fsp3) is 0.588. The van der Waals surface area contributed by atoms with Crippen LogP contribution in [0.2, 0.25) is 0 Å². The van der Waals surface area contributed by atoms with E-state index in [1.807, 2.05) is 18.2 Å². The molecule has 2 N–H and O–H groups in total. The molecule has 1 aliphatic carbocycles. The van der Waals surface area contributed by atoms with Gasteiger partial charge in [0, 0.05) is 12.1 Å². The SMILES string of the molecule is CCCNC(C)c1cccc(OCCC(=O)NC2CC2)c1. The van der Waals surface area contributed by atoms with Crippen LogP contribution in [0.25, 0.3) is 0 Å². The van der Waals surface area contributed by atoms with Gasteiger partial charge in [-0.05, 0) is 50.4 Å². The summed E-state index contributed by atoms with van der Waals surface area (Å²) in [6.45, 7) is 5.75. The lowest BCUT2D eigenvalue weighted by atomic mass is 10.1. The van der Waals surface area contributed by atoms with Crippen molar-refractivity contribution in [2.24, 2.45) is 0 Å². The highest BCUT2D eigenvalue weighted by Crippen LogP contribution is 2.20. The topological polar surface area (TPSA) is 50.4 Å². The highest BCUT2D eigenvalue weighted by molar-refractivity contribution is 5.76. The second kappa shape index (κ2) is 8.03. The first kappa shape index (κ1) is 15.8. The molecule has 1 amide bonds. The molecule has 1 aromatic rings. The lowest BCUT2D eigenvalue weighted by Gasteiger charge is -2.15. The lowest BCUT2D eigenvalue weighted by Crippen LogP contribution is -2.26. The Balaban J connectivity index is 1.75. The summed E-state index contributed by atoms with van der Waals surface area (Å²) in [7, 11) is 0. The van der Waals surface area contributed by atoms with Gasteiger partial charge in [-0.25, -0.2) is 0 Å². The van der Waals surface area contributed by atoms with E-state index in [9.17, 15) is 4.79 Å². The van der Waals surface area contributed by atoms with E-state index in [1.165, 1.54) is 5.56 Å². The molecule has 1 fully saturated rings. The molecule has 0 bridgehead atoms. The van der Waals surface area contributed by atoms with Gasteiger partial charge in [0.2, 0.25) is 5.91 Å². The van der Waals surface area contributed by atoms with Crippen LogP contribution in [0.5, 0.6) is 5.75 Å². The number of rotatable bonds is 9. The predicted molar refractivity (Wildman–Crippen MR) is 84.4 cm³/mol. The molecule has 0 saturated heterocycles. The predicted octanol–water partition coefficient (Wildman–Crippen LogP) is 2.79. The molecule has 1 atom stereocenters. The second-order valence-electron chi connectivity index (χ2n) is 5.69. The molecule has 0 radical (unpaired) electrons. The van der Waals surface area contributed by atoms with Crippen molar-refractivity contribution in [1.82, 2.24) is 10.6 Å². The maximum Gasteiger partial charge on any atom is 0.223 e. The number of amides is 1. The lowest BCUT2D eigenvalue weighted by molar-refractivity contribution is -0.121. The molecule has 1 aliphatic rings. The van der Waals surface area contributed by atoms with Gasteiger partial charge in [0.1, 0.15) is 5.75 Å². The summed E-state index contributed by atoms with van der Waals surface area (Å²) >= 11 is 0. The van der Waals surface area contributed by atoms with Crippen LogP contribution >= 0.6 is 0 Å². The van der Waals surface area contributed by atoms with Gasteiger partial charge in [0.15, 0.2) is 0 Å². The summed E-state index contributed by atoms with van der Waals surface area (Å²) in [5.41, 5.74) is 1.21. The van der Waals surface area contributed by atoms with E-state index in [0.717, 1.165) is 31.6 Å². The zero-order valence-electron chi connectivity index (χ0n) is 13.0. The fourth-order valence-electron chi connectivity index (χ4n) is 2.14. The molecule has 4 heteroatoms. The third-order valence-electron chi connectivity index (χ3n) is 3.60. The Kier molecular flexibility index (Phi) is 6.05. The molecule has 0 spiro atoms. The zero-order valence-corrected chi connectivity index (χ0v) is 13.0. The summed E-state index contributed by atoms with van der Waals surface area (Å²) in [4.78, 5) is 11.6. The Labute approximate surface area is 127 Å². The first-order valence-electron chi connectivity index (χ1n) is 7.94. The van der Waals surface area contributed by atoms with E-state index in [1.54, 1.807) is 0 Å². The highest BCUT2D eigenvalue weighted by Gasteiger charge is 2.22. The van der Waals surface area contributed by atoms with Gasteiger partial charge in [-0.2, -0.15) is 0 Å². The highest BCUT2D eigenvalue weighted by atomic mass is 16.5. The second-order valence-corrected chi connectivity index (χ2v) is 5.69.